The maximum atomic E-state index is 13.8. The van der Waals surface area contributed by atoms with Crippen LogP contribution in [0.1, 0.15) is 42.3 Å². The summed E-state index contributed by atoms with van der Waals surface area (Å²) in [6, 6.07) is 7.11. The molecule has 0 saturated heterocycles. The van der Waals surface area contributed by atoms with Gasteiger partial charge in [0.05, 0.1) is 19.5 Å². The molecule has 0 radical (unpaired) electrons. The maximum absolute atomic E-state index is 13.8. The summed E-state index contributed by atoms with van der Waals surface area (Å²) in [5.74, 6) is -4.97. The van der Waals surface area contributed by atoms with Crippen molar-refractivity contribution in [3.63, 3.8) is 0 Å². The number of nitrogens with zero attached hydrogens (tertiary/aromatic N) is 3. The Bertz CT molecular complexity index is 1700. The van der Waals surface area contributed by atoms with E-state index < -0.39 is 50.2 Å². The van der Waals surface area contributed by atoms with Gasteiger partial charge in [-0.2, -0.15) is 4.98 Å². The molecule has 0 spiro atoms. The summed E-state index contributed by atoms with van der Waals surface area (Å²) in [5, 5.41) is 0. The Hall–Kier alpha value is -3.17. The number of nitrogens with one attached hydrogen (secondary N) is 1. The monoisotopic (exact) mass is 659 g/mol. The zero-order valence-corrected chi connectivity index (χ0v) is 23.9. The van der Waals surface area contributed by atoms with Crippen LogP contribution in [0.5, 0.6) is 0 Å². The summed E-state index contributed by atoms with van der Waals surface area (Å²) in [7, 11) is -4.01. The number of nitrogen functional groups attached to an aromatic ring is 1. The topological polar surface area (TPSA) is 178 Å². The second-order valence-corrected chi connectivity index (χ2v) is 12.3. The SMILES string of the molecule is Nc1nc2c(ncn2CCOCP(=O)(OCc2cccc(Br)c2)OCc2oc(=O)oc2C2CCC(F)(F)C2)c(=O)[nH]1. The van der Waals surface area contributed by atoms with Crippen molar-refractivity contribution in [2.24, 2.45) is 0 Å². The number of hydrogen-bond donors (Lipinski definition) is 2. The number of alkyl halides is 2. The fourth-order valence-electron chi connectivity index (χ4n) is 4.45. The molecule has 1 aliphatic rings. The van der Waals surface area contributed by atoms with Crippen LogP contribution in [0.4, 0.5) is 14.7 Å². The molecule has 41 heavy (non-hydrogen) atoms. The molecule has 2 atom stereocenters. The van der Waals surface area contributed by atoms with Crippen LogP contribution in [0.15, 0.2) is 53.5 Å². The van der Waals surface area contributed by atoms with Gasteiger partial charge >= 0.3 is 13.4 Å². The number of hydrogen-bond acceptors (Lipinski definition) is 11. The fraction of sp³-hybridized carbons (Fsp3) is 0.417. The van der Waals surface area contributed by atoms with Gasteiger partial charge in [0, 0.05) is 29.8 Å². The summed E-state index contributed by atoms with van der Waals surface area (Å²) in [4.78, 5) is 34.2. The highest BCUT2D eigenvalue weighted by atomic mass is 79.9. The maximum Gasteiger partial charge on any atom is 0.519 e. The Morgan fingerprint density at radius 1 is 1.24 bits per heavy atom. The van der Waals surface area contributed by atoms with Gasteiger partial charge < -0.3 is 28.4 Å². The van der Waals surface area contributed by atoms with Crippen LogP contribution in [-0.2, 0) is 38.1 Å². The van der Waals surface area contributed by atoms with Gasteiger partial charge in [-0.3, -0.25) is 18.9 Å². The summed E-state index contributed by atoms with van der Waals surface area (Å²) < 4.78 is 70.5. The van der Waals surface area contributed by atoms with Crippen molar-refractivity contribution >= 4 is 40.6 Å². The number of nitrogens with two attached hydrogens (primary N) is 1. The van der Waals surface area contributed by atoms with E-state index in [4.69, 9.17) is 28.4 Å². The number of aromatic amines is 1. The number of benzene rings is 1. The molecule has 5 rings (SSSR count). The molecule has 1 aliphatic carbocycles. The molecule has 0 aliphatic heterocycles. The number of H-pyrrole nitrogens is 1. The highest BCUT2D eigenvalue weighted by molar-refractivity contribution is 9.10. The summed E-state index contributed by atoms with van der Waals surface area (Å²) in [6.07, 6.45) is 0.140. The highest BCUT2D eigenvalue weighted by Crippen LogP contribution is 2.51. The lowest BCUT2D eigenvalue weighted by atomic mass is 10.0. The molecule has 3 aromatic heterocycles. The average molecular weight is 660 g/mol. The van der Waals surface area contributed by atoms with E-state index in [9.17, 15) is 22.9 Å². The molecule has 4 aromatic rings. The van der Waals surface area contributed by atoms with Crippen LogP contribution in [0, 0.1) is 0 Å². The van der Waals surface area contributed by atoms with Crippen LogP contribution >= 0.6 is 23.5 Å². The van der Waals surface area contributed by atoms with Gasteiger partial charge in [-0.25, -0.2) is 18.6 Å². The number of rotatable bonds is 12. The Kier molecular flexibility index (Phi) is 8.57. The van der Waals surface area contributed by atoms with Crippen molar-refractivity contribution in [2.75, 3.05) is 18.7 Å². The minimum absolute atomic E-state index is 0.00333. The first-order valence-corrected chi connectivity index (χ1v) is 14.9. The zero-order chi connectivity index (χ0) is 29.2. The van der Waals surface area contributed by atoms with Gasteiger partial charge in [0.1, 0.15) is 13.0 Å². The van der Waals surface area contributed by atoms with Gasteiger partial charge in [-0.1, -0.05) is 28.1 Å². The van der Waals surface area contributed by atoms with Gasteiger partial charge in [-0.05, 0) is 24.1 Å². The quantitative estimate of drug-likeness (QED) is 0.161. The predicted molar refractivity (Wildman–Crippen MR) is 143 cm³/mol. The lowest BCUT2D eigenvalue weighted by Gasteiger charge is -2.19. The third-order valence-corrected chi connectivity index (χ3v) is 8.41. The Morgan fingerprint density at radius 3 is 2.80 bits per heavy atom. The zero-order valence-electron chi connectivity index (χ0n) is 21.4. The number of halogens is 3. The van der Waals surface area contributed by atoms with Crippen molar-refractivity contribution in [2.45, 2.75) is 50.9 Å². The van der Waals surface area contributed by atoms with Gasteiger partial charge in [0.15, 0.2) is 22.7 Å². The number of anilines is 1. The molecule has 0 bridgehead atoms. The fourth-order valence-corrected chi connectivity index (χ4v) is 6.13. The number of fused-ring (bicyclic) bond motifs is 1. The highest BCUT2D eigenvalue weighted by Gasteiger charge is 2.43. The van der Waals surface area contributed by atoms with E-state index in [0.29, 0.717) is 5.56 Å². The Balaban J connectivity index is 1.27. The van der Waals surface area contributed by atoms with Gasteiger partial charge in [0.25, 0.3) is 5.56 Å². The van der Waals surface area contributed by atoms with E-state index in [1.807, 2.05) is 6.07 Å². The van der Waals surface area contributed by atoms with E-state index in [1.165, 1.54) is 6.33 Å². The normalized spacial score (nSPS) is 18.2. The van der Waals surface area contributed by atoms with Crippen molar-refractivity contribution in [3.8, 4) is 0 Å². The minimum Gasteiger partial charge on any atom is -0.395 e. The van der Waals surface area contributed by atoms with Gasteiger partial charge in [0.2, 0.25) is 11.9 Å². The number of imidazole rings is 1. The standard InChI is InChI=1S/C24H25BrF2N5O8P/c25-16-3-1-2-14(8-16)10-37-41(35,13-36-7-6-32-12-29-18-20(32)30-22(28)31-21(18)33)38-11-17-19(40-23(34)39-17)15-4-5-24(26,27)9-15/h1-3,8,12,15H,4-7,9-11,13H2,(H3,28,30,31,33). The van der Waals surface area contributed by atoms with E-state index in [2.05, 4.69) is 30.9 Å². The first-order valence-electron chi connectivity index (χ1n) is 12.4. The lowest BCUT2D eigenvalue weighted by molar-refractivity contribution is 0.00709. The van der Waals surface area contributed by atoms with E-state index in [-0.39, 0.29) is 61.2 Å². The predicted octanol–water partition coefficient (Wildman–Crippen LogP) is 4.51. The molecule has 1 saturated carbocycles. The second kappa shape index (κ2) is 12.0. The number of aromatic nitrogens is 4. The van der Waals surface area contributed by atoms with Crippen molar-refractivity contribution in [3.05, 3.63) is 73.1 Å². The lowest BCUT2D eigenvalue weighted by Crippen LogP contribution is -2.13. The molecule has 17 heteroatoms. The van der Waals surface area contributed by atoms with Gasteiger partial charge in [-0.15, -0.1) is 0 Å². The second-order valence-electron chi connectivity index (χ2n) is 9.42. The molecule has 0 amide bonds. The summed E-state index contributed by atoms with van der Waals surface area (Å²) in [5.41, 5.74) is 6.17. The molecule has 3 heterocycles. The third-order valence-electron chi connectivity index (χ3n) is 6.38. The van der Waals surface area contributed by atoms with E-state index in [1.54, 1.807) is 22.8 Å². The largest absolute Gasteiger partial charge is 0.519 e. The first kappa shape index (κ1) is 29.3. The molecule has 2 unspecified atom stereocenters. The third kappa shape index (κ3) is 7.19. The Morgan fingerprint density at radius 2 is 2.05 bits per heavy atom. The Labute approximate surface area is 238 Å². The molecule has 220 valence electrons. The van der Waals surface area contributed by atoms with E-state index in [0.717, 1.165) is 4.47 Å². The van der Waals surface area contributed by atoms with Crippen LogP contribution in [0.25, 0.3) is 11.2 Å². The average Bonchev–Trinajstić information content (AvgIpc) is 3.60. The molecule has 1 fully saturated rings. The van der Waals surface area contributed by atoms with Crippen molar-refractivity contribution in [1.29, 1.82) is 0 Å². The molecular weight excluding hydrogens is 635 g/mol. The smallest absolute Gasteiger partial charge is 0.395 e. The molecular formula is C24H25BrF2N5O8P. The van der Waals surface area contributed by atoms with E-state index >= 15 is 0 Å². The summed E-state index contributed by atoms with van der Waals surface area (Å²) >= 11 is 3.36. The van der Waals surface area contributed by atoms with Crippen LogP contribution < -0.4 is 17.1 Å². The van der Waals surface area contributed by atoms with Crippen molar-refractivity contribution < 1.29 is 36.0 Å². The van der Waals surface area contributed by atoms with Crippen LogP contribution in [-0.4, -0.2) is 38.4 Å². The van der Waals surface area contributed by atoms with Crippen LogP contribution in [0.3, 0.4) is 0 Å². The van der Waals surface area contributed by atoms with Crippen LogP contribution in [0.2, 0.25) is 0 Å². The summed E-state index contributed by atoms with van der Waals surface area (Å²) in [6.45, 7) is -0.457. The first-order chi connectivity index (χ1) is 19.5. The molecule has 3 N–H and O–H groups in total. The van der Waals surface area contributed by atoms with Crippen molar-refractivity contribution in [1.82, 2.24) is 19.5 Å². The number of ether oxygens (including phenoxy) is 1. The molecule has 1 aromatic carbocycles. The minimum atomic E-state index is -4.01. The molecule has 13 nitrogen and oxygen atoms in total.